The van der Waals surface area contributed by atoms with Crippen molar-refractivity contribution in [2.24, 2.45) is 0 Å². The Hall–Kier alpha value is -1.02. The molecule has 0 unspecified atom stereocenters. The molecule has 2 nitrogen and oxygen atoms in total. The summed E-state index contributed by atoms with van der Waals surface area (Å²) >= 11 is 0. The van der Waals surface area contributed by atoms with E-state index in [-0.39, 0.29) is 0 Å². The van der Waals surface area contributed by atoms with E-state index in [4.69, 9.17) is 4.74 Å². The van der Waals surface area contributed by atoms with Gasteiger partial charge in [0.2, 0.25) is 0 Å². The highest BCUT2D eigenvalue weighted by Crippen LogP contribution is 2.40. The maximum atomic E-state index is 5.42. The molecule has 0 saturated heterocycles. The average Bonchev–Trinajstić information content (AvgIpc) is 2.32. The van der Waals surface area contributed by atoms with E-state index in [1.807, 2.05) is 6.07 Å². The van der Waals surface area contributed by atoms with Crippen molar-refractivity contribution in [2.45, 2.75) is 44.6 Å². The molecule has 1 N–H and O–H groups in total. The fraction of sp³-hybridized carbons (Fsp3) is 0.600. The van der Waals surface area contributed by atoms with Crippen LogP contribution in [0.1, 0.15) is 44.1 Å². The highest BCUT2D eigenvalue weighted by molar-refractivity contribution is 5.37. The number of hydrogen-bond donors (Lipinski definition) is 1. The minimum atomic E-state index is 0.685. The summed E-state index contributed by atoms with van der Waals surface area (Å²) in [5.41, 5.74) is 1.38. The summed E-state index contributed by atoms with van der Waals surface area (Å²) in [5, 5.41) is 3.62. The monoisotopic (exact) mass is 233 g/mol. The number of methoxy groups -OCH3 is 1. The summed E-state index contributed by atoms with van der Waals surface area (Å²) in [6.07, 6.45) is 5.07. The van der Waals surface area contributed by atoms with Crippen molar-refractivity contribution in [3.8, 4) is 5.75 Å². The van der Waals surface area contributed by atoms with Crippen molar-refractivity contribution in [3.63, 3.8) is 0 Å². The van der Waals surface area contributed by atoms with Gasteiger partial charge in [-0.05, 0) is 43.4 Å². The quantitative estimate of drug-likeness (QED) is 0.761. The summed E-state index contributed by atoms with van der Waals surface area (Å²) in [6.45, 7) is 3.40. The number of benzene rings is 1. The van der Waals surface area contributed by atoms with Gasteiger partial charge in [0.25, 0.3) is 0 Å². The highest BCUT2D eigenvalue weighted by atomic mass is 16.5. The molecule has 2 rings (SSSR count). The van der Waals surface area contributed by atoms with Crippen LogP contribution in [0.2, 0.25) is 0 Å². The molecule has 1 aromatic carbocycles. The Morgan fingerprint density at radius 2 is 2.06 bits per heavy atom. The van der Waals surface area contributed by atoms with Crippen molar-refractivity contribution in [1.82, 2.24) is 5.32 Å². The lowest BCUT2D eigenvalue weighted by Gasteiger charge is -2.37. The number of rotatable bonds is 6. The number of hydrogen-bond acceptors (Lipinski definition) is 2. The van der Waals surface area contributed by atoms with Crippen molar-refractivity contribution in [2.75, 3.05) is 13.7 Å². The van der Waals surface area contributed by atoms with Gasteiger partial charge in [-0.2, -0.15) is 0 Å². The molecule has 94 valence electrons. The molecule has 0 heterocycles. The van der Waals surface area contributed by atoms with Crippen LogP contribution in [0.25, 0.3) is 0 Å². The van der Waals surface area contributed by atoms with Crippen LogP contribution in [0.15, 0.2) is 24.3 Å². The standard InChI is InChI=1S/C15H23NO/c1-3-4-9-16-13-10-12(11-13)14-7-5-6-8-15(14)17-2/h5-8,12-13,16H,3-4,9-11H2,1-2H3. The Balaban J connectivity index is 1.82. The van der Waals surface area contributed by atoms with Gasteiger partial charge in [0, 0.05) is 6.04 Å². The molecule has 0 spiro atoms. The minimum Gasteiger partial charge on any atom is -0.496 e. The molecule has 1 aliphatic rings. The van der Waals surface area contributed by atoms with Crippen LogP contribution in [-0.4, -0.2) is 19.7 Å². The number of nitrogens with one attached hydrogen (secondary N) is 1. The first-order chi connectivity index (χ1) is 8.35. The first kappa shape index (κ1) is 12.4. The molecule has 0 radical (unpaired) electrons. The topological polar surface area (TPSA) is 21.3 Å². The molecule has 0 amide bonds. The Labute approximate surface area is 104 Å². The predicted octanol–water partition coefficient (Wildman–Crippen LogP) is 3.33. The van der Waals surface area contributed by atoms with Gasteiger partial charge in [0.05, 0.1) is 7.11 Å². The molecule has 0 aliphatic heterocycles. The summed E-state index contributed by atoms with van der Waals surface area (Å²) in [7, 11) is 1.76. The molecule has 2 heteroatoms. The lowest BCUT2D eigenvalue weighted by atomic mass is 9.75. The van der Waals surface area contributed by atoms with E-state index >= 15 is 0 Å². The van der Waals surface area contributed by atoms with Gasteiger partial charge in [0.1, 0.15) is 5.75 Å². The number of unbranched alkanes of at least 4 members (excludes halogenated alkanes) is 1. The van der Waals surface area contributed by atoms with Gasteiger partial charge in [-0.1, -0.05) is 31.5 Å². The van der Waals surface area contributed by atoms with Crippen molar-refractivity contribution >= 4 is 0 Å². The van der Waals surface area contributed by atoms with E-state index in [1.54, 1.807) is 7.11 Å². The zero-order valence-electron chi connectivity index (χ0n) is 10.9. The van der Waals surface area contributed by atoms with Gasteiger partial charge in [0.15, 0.2) is 0 Å². The largest absolute Gasteiger partial charge is 0.496 e. The lowest BCUT2D eigenvalue weighted by molar-refractivity contribution is 0.283. The SMILES string of the molecule is CCCCNC1CC(c2ccccc2OC)C1. The van der Waals surface area contributed by atoms with Crippen molar-refractivity contribution < 1.29 is 4.74 Å². The smallest absolute Gasteiger partial charge is 0.122 e. The second-order valence-corrected chi connectivity index (χ2v) is 4.91. The second kappa shape index (κ2) is 6.06. The lowest BCUT2D eigenvalue weighted by Crippen LogP contribution is -2.40. The van der Waals surface area contributed by atoms with E-state index in [0.29, 0.717) is 5.92 Å². The highest BCUT2D eigenvalue weighted by Gasteiger charge is 2.31. The molecular formula is C15H23NO. The summed E-state index contributed by atoms with van der Waals surface area (Å²) < 4.78 is 5.42. The number of para-hydroxylation sites is 1. The maximum absolute atomic E-state index is 5.42. The Bertz CT molecular complexity index is 345. The minimum absolute atomic E-state index is 0.685. The molecule has 1 aliphatic carbocycles. The Morgan fingerprint density at radius 3 is 2.76 bits per heavy atom. The van der Waals surface area contributed by atoms with Crippen LogP contribution in [0.5, 0.6) is 5.75 Å². The van der Waals surface area contributed by atoms with Crippen molar-refractivity contribution in [1.29, 1.82) is 0 Å². The fourth-order valence-corrected chi connectivity index (χ4v) is 2.53. The zero-order valence-corrected chi connectivity index (χ0v) is 10.9. The van der Waals surface area contributed by atoms with Crippen molar-refractivity contribution in [3.05, 3.63) is 29.8 Å². The zero-order chi connectivity index (χ0) is 12.1. The van der Waals surface area contributed by atoms with Gasteiger partial charge in [-0.3, -0.25) is 0 Å². The normalized spacial score (nSPS) is 23.2. The third-order valence-corrected chi connectivity index (χ3v) is 3.68. The molecule has 0 aromatic heterocycles. The molecule has 1 saturated carbocycles. The van der Waals surface area contributed by atoms with E-state index in [9.17, 15) is 0 Å². The van der Waals surface area contributed by atoms with E-state index in [2.05, 4.69) is 30.4 Å². The molecule has 0 atom stereocenters. The molecule has 17 heavy (non-hydrogen) atoms. The van der Waals surface area contributed by atoms with E-state index in [1.165, 1.54) is 37.8 Å². The van der Waals surface area contributed by atoms with Crippen LogP contribution in [-0.2, 0) is 0 Å². The Kier molecular flexibility index (Phi) is 4.43. The molecule has 0 bridgehead atoms. The predicted molar refractivity (Wildman–Crippen MR) is 71.7 cm³/mol. The van der Waals surface area contributed by atoms with Crippen LogP contribution in [0.4, 0.5) is 0 Å². The number of ether oxygens (including phenoxy) is 1. The Morgan fingerprint density at radius 1 is 1.29 bits per heavy atom. The summed E-state index contributed by atoms with van der Waals surface area (Å²) in [6, 6.07) is 9.13. The van der Waals surface area contributed by atoms with Crippen LogP contribution in [0, 0.1) is 0 Å². The third-order valence-electron chi connectivity index (χ3n) is 3.68. The second-order valence-electron chi connectivity index (χ2n) is 4.91. The van der Waals surface area contributed by atoms with Gasteiger partial charge >= 0.3 is 0 Å². The van der Waals surface area contributed by atoms with Crippen LogP contribution in [0.3, 0.4) is 0 Å². The molecule has 1 aromatic rings. The van der Waals surface area contributed by atoms with Gasteiger partial charge in [-0.25, -0.2) is 0 Å². The van der Waals surface area contributed by atoms with E-state index < -0.39 is 0 Å². The van der Waals surface area contributed by atoms with Crippen LogP contribution >= 0.6 is 0 Å². The van der Waals surface area contributed by atoms with Crippen LogP contribution < -0.4 is 10.1 Å². The molecule has 1 fully saturated rings. The molecular weight excluding hydrogens is 210 g/mol. The van der Waals surface area contributed by atoms with Gasteiger partial charge in [-0.15, -0.1) is 0 Å². The fourth-order valence-electron chi connectivity index (χ4n) is 2.53. The van der Waals surface area contributed by atoms with E-state index in [0.717, 1.165) is 11.8 Å². The first-order valence-corrected chi connectivity index (χ1v) is 6.71. The summed E-state index contributed by atoms with van der Waals surface area (Å²) in [4.78, 5) is 0. The summed E-state index contributed by atoms with van der Waals surface area (Å²) in [5.74, 6) is 1.73. The third kappa shape index (κ3) is 3.01. The maximum Gasteiger partial charge on any atom is 0.122 e. The van der Waals surface area contributed by atoms with Gasteiger partial charge < -0.3 is 10.1 Å². The first-order valence-electron chi connectivity index (χ1n) is 6.71. The average molecular weight is 233 g/mol.